The molecule has 21 heavy (non-hydrogen) atoms. The Hall–Kier alpha value is -1.35. The van der Waals surface area contributed by atoms with Crippen molar-refractivity contribution in [2.75, 3.05) is 13.1 Å². The summed E-state index contributed by atoms with van der Waals surface area (Å²) in [5.74, 6) is 0.922. The first-order valence-electron chi connectivity index (χ1n) is 8.15. The highest BCUT2D eigenvalue weighted by Crippen LogP contribution is 2.21. The SMILES string of the molecule is CCC1CC(NC(=O)C(C)C)CN(Cc2ccccc2)C1. The number of hydrogen-bond donors (Lipinski definition) is 1. The highest BCUT2D eigenvalue weighted by molar-refractivity contribution is 5.78. The quantitative estimate of drug-likeness (QED) is 0.903. The second-order valence-corrected chi connectivity index (χ2v) is 6.55. The van der Waals surface area contributed by atoms with E-state index < -0.39 is 0 Å². The van der Waals surface area contributed by atoms with Crippen molar-refractivity contribution in [3.8, 4) is 0 Å². The minimum atomic E-state index is 0.0644. The molecule has 0 spiro atoms. The molecule has 1 N–H and O–H groups in total. The fourth-order valence-corrected chi connectivity index (χ4v) is 3.04. The summed E-state index contributed by atoms with van der Waals surface area (Å²) in [4.78, 5) is 14.4. The molecular weight excluding hydrogens is 260 g/mol. The molecule has 0 aliphatic carbocycles. The van der Waals surface area contributed by atoms with E-state index in [1.165, 1.54) is 12.0 Å². The third kappa shape index (κ3) is 4.85. The second-order valence-electron chi connectivity index (χ2n) is 6.55. The molecule has 1 aliphatic rings. The molecule has 1 saturated heterocycles. The molecule has 2 unspecified atom stereocenters. The number of piperidine rings is 1. The van der Waals surface area contributed by atoms with Gasteiger partial charge in [-0.2, -0.15) is 0 Å². The molecule has 1 aliphatic heterocycles. The van der Waals surface area contributed by atoms with Crippen LogP contribution in [-0.2, 0) is 11.3 Å². The number of carbonyl (C=O) groups excluding carboxylic acids is 1. The van der Waals surface area contributed by atoms with Gasteiger partial charge in [0.05, 0.1) is 0 Å². The maximum atomic E-state index is 11.9. The minimum Gasteiger partial charge on any atom is -0.352 e. The fourth-order valence-electron chi connectivity index (χ4n) is 3.04. The van der Waals surface area contributed by atoms with Gasteiger partial charge in [0, 0.05) is 31.6 Å². The highest BCUT2D eigenvalue weighted by Gasteiger charge is 2.27. The van der Waals surface area contributed by atoms with Gasteiger partial charge in [0.15, 0.2) is 0 Å². The predicted molar refractivity (Wildman–Crippen MR) is 86.9 cm³/mol. The van der Waals surface area contributed by atoms with Gasteiger partial charge in [-0.05, 0) is 17.9 Å². The van der Waals surface area contributed by atoms with Crippen molar-refractivity contribution >= 4 is 5.91 Å². The number of hydrogen-bond acceptors (Lipinski definition) is 2. The smallest absolute Gasteiger partial charge is 0.222 e. The van der Waals surface area contributed by atoms with Gasteiger partial charge < -0.3 is 5.32 Å². The summed E-state index contributed by atoms with van der Waals surface area (Å²) in [7, 11) is 0. The Morgan fingerprint density at radius 2 is 2.00 bits per heavy atom. The molecule has 3 heteroatoms. The number of benzene rings is 1. The monoisotopic (exact) mass is 288 g/mol. The summed E-state index contributed by atoms with van der Waals surface area (Å²) < 4.78 is 0. The first-order valence-corrected chi connectivity index (χ1v) is 8.15. The van der Waals surface area contributed by atoms with Crippen LogP contribution in [0.1, 0.15) is 39.2 Å². The summed E-state index contributed by atoms with van der Waals surface area (Å²) in [5.41, 5.74) is 1.35. The van der Waals surface area contributed by atoms with Crippen LogP contribution in [0.25, 0.3) is 0 Å². The molecule has 1 amide bonds. The van der Waals surface area contributed by atoms with Crippen LogP contribution < -0.4 is 5.32 Å². The lowest BCUT2D eigenvalue weighted by Crippen LogP contribution is -2.51. The number of nitrogens with one attached hydrogen (secondary N) is 1. The molecule has 1 aromatic rings. The zero-order valence-electron chi connectivity index (χ0n) is 13.5. The van der Waals surface area contributed by atoms with Gasteiger partial charge in [0.2, 0.25) is 5.91 Å². The van der Waals surface area contributed by atoms with E-state index >= 15 is 0 Å². The van der Waals surface area contributed by atoms with Gasteiger partial charge in [-0.3, -0.25) is 9.69 Å². The number of likely N-dealkylation sites (tertiary alicyclic amines) is 1. The van der Waals surface area contributed by atoms with E-state index in [1.807, 2.05) is 13.8 Å². The molecule has 0 radical (unpaired) electrons. The van der Waals surface area contributed by atoms with E-state index in [0.29, 0.717) is 12.0 Å². The van der Waals surface area contributed by atoms with E-state index in [2.05, 4.69) is 47.5 Å². The Morgan fingerprint density at radius 3 is 2.62 bits per heavy atom. The predicted octanol–water partition coefficient (Wildman–Crippen LogP) is 3.06. The van der Waals surface area contributed by atoms with Gasteiger partial charge >= 0.3 is 0 Å². The lowest BCUT2D eigenvalue weighted by molar-refractivity contribution is -0.125. The first kappa shape index (κ1) is 16.0. The molecule has 0 saturated carbocycles. The lowest BCUT2D eigenvalue weighted by atomic mass is 9.91. The largest absolute Gasteiger partial charge is 0.352 e. The van der Waals surface area contributed by atoms with Crippen LogP contribution in [0, 0.1) is 11.8 Å². The molecule has 1 aromatic carbocycles. The zero-order valence-corrected chi connectivity index (χ0v) is 13.5. The molecule has 1 fully saturated rings. The number of carbonyl (C=O) groups is 1. The van der Waals surface area contributed by atoms with Crippen LogP contribution in [0.15, 0.2) is 30.3 Å². The Labute approximate surface area is 128 Å². The van der Waals surface area contributed by atoms with E-state index in [-0.39, 0.29) is 11.8 Å². The molecule has 116 valence electrons. The van der Waals surface area contributed by atoms with Crippen molar-refractivity contribution in [2.24, 2.45) is 11.8 Å². The van der Waals surface area contributed by atoms with Gasteiger partial charge in [-0.25, -0.2) is 0 Å². The van der Waals surface area contributed by atoms with E-state index in [9.17, 15) is 4.79 Å². The van der Waals surface area contributed by atoms with Gasteiger partial charge in [0.25, 0.3) is 0 Å². The third-order valence-electron chi connectivity index (χ3n) is 4.31. The fraction of sp³-hybridized carbons (Fsp3) is 0.611. The van der Waals surface area contributed by atoms with E-state index in [4.69, 9.17) is 0 Å². The average molecular weight is 288 g/mol. The van der Waals surface area contributed by atoms with Crippen LogP contribution in [0.5, 0.6) is 0 Å². The van der Waals surface area contributed by atoms with Crippen molar-refractivity contribution in [1.82, 2.24) is 10.2 Å². The van der Waals surface area contributed by atoms with E-state index in [1.54, 1.807) is 0 Å². The number of amides is 1. The maximum absolute atomic E-state index is 11.9. The number of nitrogens with zero attached hydrogens (tertiary/aromatic N) is 1. The van der Waals surface area contributed by atoms with Gasteiger partial charge in [-0.15, -0.1) is 0 Å². The maximum Gasteiger partial charge on any atom is 0.222 e. The summed E-state index contributed by atoms with van der Waals surface area (Å²) in [6.45, 7) is 9.24. The molecule has 2 rings (SSSR count). The van der Waals surface area contributed by atoms with Crippen molar-refractivity contribution < 1.29 is 4.79 Å². The van der Waals surface area contributed by atoms with Crippen molar-refractivity contribution in [1.29, 1.82) is 0 Å². The molecule has 3 nitrogen and oxygen atoms in total. The summed E-state index contributed by atoms with van der Waals surface area (Å²) >= 11 is 0. The van der Waals surface area contributed by atoms with Crippen LogP contribution in [-0.4, -0.2) is 29.9 Å². The topological polar surface area (TPSA) is 32.3 Å². The Bertz CT molecular complexity index is 444. The molecular formula is C18H28N2O. The van der Waals surface area contributed by atoms with Crippen LogP contribution in [0.2, 0.25) is 0 Å². The van der Waals surface area contributed by atoms with Gasteiger partial charge in [-0.1, -0.05) is 57.5 Å². The normalized spacial score (nSPS) is 23.2. The third-order valence-corrected chi connectivity index (χ3v) is 4.31. The highest BCUT2D eigenvalue weighted by atomic mass is 16.1. The average Bonchev–Trinajstić information content (AvgIpc) is 2.47. The van der Waals surface area contributed by atoms with Crippen LogP contribution in [0.4, 0.5) is 0 Å². The lowest BCUT2D eigenvalue weighted by Gasteiger charge is -2.38. The first-order chi connectivity index (χ1) is 10.1. The van der Waals surface area contributed by atoms with Crippen LogP contribution in [0.3, 0.4) is 0 Å². The van der Waals surface area contributed by atoms with E-state index in [0.717, 1.165) is 26.1 Å². The Morgan fingerprint density at radius 1 is 1.29 bits per heavy atom. The second kappa shape index (κ2) is 7.60. The van der Waals surface area contributed by atoms with Gasteiger partial charge in [0.1, 0.15) is 0 Å². The van der Waals surface area contributed by atoms with Crippen molar-refractivity contribution in [2.45, 2.75) is 46.2 Å². The van der Waals surface area contributed by atoms with Crippen LogP contribution >= 0.6 is 0 Å². The Balaban J connectivity index is 1.96. The number of rotatable bonds is 5. The summed E-state index contributed by atoms with van der Waals surface area (Å²) in [6, 6.07) is 10.9. The molecule has 1 heterocycles. The molecule has 0 aromatic heterocycles. The summed E-state index contributed by atoms with van der Waals surface area (Å²) in [5, 5.41) is 3.22. The Kier molecular flexibility index (Phi) is 5.80. The minimum absolute atomic E-state index is 0.0644. The zero-order chi connectivity index (χ0) is 15.2. The molecule has 0 bridgehead atoms. The van der Waals surface area contributed by atoms with Crippen molar-refractivity contribution in [3.05, 3.63) is 35.9 Å². The molecule has 2 atom stereocenters. The standard InChI is InChI=1S/C18H28N2O/c1-4-15-10-17(19-18(21)14(2)3)13-20(11-15)12-16-8-6-5-7-9-16/h5-9,14-15,17H,4,10-13H2,1-3H3,(H,19,21). The van der Waals surface area contributed by atoms with Crippen molar-refractivity contribution in [3.63, 3.8) is 0 Å². The summed E-state index contributed by atoms with van der Waals surface area (Å²) in [6.07, 6.45) is 2.29.